The first kappa shape index (κ1) is 32.2. The summed E-state index contributed by atoms with van der Waals surface area (Å²) in [6, 6.07) is 32.9. The first-order valence-electron chi connectivity index (χ1n) is 17.1. The number of aromatic amines is 2. The highest BCUT2D eigenvalue weighted by molar-refractivity contribution is 6.00. The largest absolute Gasteiger partial charge is 0.478 e. The number of H-pyrrole nitrogens is 2. The molecule has 0 unspecified atom stereocenters. The van der Waals surface area contributed by atoms with Crippen molar-refractivity contribution in [2.75, 3.05) is 0 Å². The Morgan fingerprint density at radius 3 is 1.11 bits per heavy atom. The molecule has 0 saturated heterocycles. The molecule has 54 heavy (non-hydrogen) atoms. The average molecular weight is 705 g/mol. The third-order valence-electron chi connectivity index (χ3n) is 9.44. The second-order valence-electron chi connectivity index (χ2n) is 12.7. The van der Waals surface area contributed by atoms with Gasteiger partial charge in [0, 0.05) is 45.7 Å². The molecule has 2 aliphatic heterocycles. The van der Waals surface area contributed by atoms with E-state index < -0.39 is 11.9 Å². The lowest BCUT2D eigenvalue weighted by molar-refractivity contribution is 0.0686. The molecule has 0 fully saturated rings. The number of fused-ring (bicyclic) bond motifs is 8. The number of benzene rings is 2. The van der Waals surface area contributed by atoms with Crippen molar-refractivity contribution in [3.05, 3.63) is 155 Å². The molecule has 9 rings (SSSR count). The predicted octanol–water partition coefficient (Wildman–Crippen LogP) is 9.51. The van der Waals surface area contributed by atoms with Gasteiger partial charge >= 0.3 is 11.9 Å². The van der Waals surface area contributed by atoms with E-state index in [4.69, 9.17) is 19.9 Å². The van der Waals surface area contributed by atoms with Gasteiger partial charge in [-0.15, -0.1) is 0 Å². The lowest BCUT2D eigenvalue weighted by Crippen LogP contribution is -1.95. The lowest BCUT2D eigenvalue weighted by atomic mass is 10.0. The van der Waals surface area contributed by atoms with Crippen molar-refractivity contribution < 1.29 is 19.8 Å². The quantitative estimate of drug-likeness (QED) is 0.133. The standard InChI is InChI=1S/C44H28N6O4/c51-43(52)27-11-7-25(8-12-27)39-31-15-19-35(47-31)41(29-5-1-3-23-45-29)36-20-16-32(48-36)40(26-9-13-28(14-10-26)44(53)54)34-18-22-38(50-34)42(30-6-2-4-24-46-30)37-21-17-33(39)49-37/h1-24,47,50H,(H,51,52)(H,53,54). The zero-order valence-corrected chi connectivity index (χ0v) is 28.4. The minimum atomic E-state index is -1.01. The first-order chi connectivity index (χ1) is 26.4. The van der Waals surface area contributed by atoms with Gasteiger partial charge in [0.25, 0.3) is 0 Å². The fraction of sp³-hybridized carbons (Fsp3) is 0. The molecule has 2 aliphatic rings. The molecule has 4 N–H and O–H groups in total. The molecule has 258 valence electrons. The van der Waals surface area contributed by atoms with Crippen LogP contribution in [0.1, 0.15) is 43.5 Å². The minimum Gasteiger partial charge on any atom is -0.478 e. The third kappa shape index (κ3) is 5.73. The van der Waals surface area contributed by atoms with Crippen LogP contribution in [0.15, 0.2) is 122 Å². The number of nitrogens with zero attached hydrogens (tertiary/aromatic N) is 4. The minimum absolute atomic E-state index is 0.182. The molecule has 0 spiro atoms. The molecule has 0 atom stereocenters. The number of hydrogen-bond donors (Lipinski definition) is 4. The Balaban J connectivity index is 1.44. The number of carboxylic acid groups (broad SMARTS) is 2. The van der Waals surface area contributed by atoms with E-state index in [1.165, 1.54) is 0 Å². The highest BCUT2D eigenvalue weighted by Gasteiger charge is 2.20. The van der Waals surface area contributed by atoms with Crippen molar-refractivity contribution in [3.8, 4) is 44.8 Å². The van der Waals surface area contributed by atoms with Crippen molar-refractivity contribution in [2.24, 2.45) is 0 Å². The van der Waals surface area contributed by atoms with Crippen molar-refractivity contribution in [3.63, 3.8) is 0 Å². The summed E-state index contributed by atoms with van der Waals surface area (Å²) in [6.07, 6.45) is 11.3. The van der Waals surface area contributed by atoms with Gasteiger partial charge in [-0.05, 0) is 108 Å². The van der Waals surface area contributed by atoms with Gasteiger partial charge in [-0.2, -0.15) is 0 Å². The van der Waals surface area contributed by atoms with Crippen LogP contribution in [0.4, 0.5) is 0 Å². The van der Waals surface area contributed by atoms with E-state index in [1.807, 2.05) is 85.0 Å². The fourth-order valence-electron chi connectivity index (χ4n) is 6.93. The second kappa shape index (κ2) is 13.1. The first-order valence-corrected chi connectivity index (χ1v) is 17.1. The second-order valence-corrected chi connectivity index (χ2v) is 12.7. The summed E-state index contributed by atoms with van der Waals surface area (Å²) in [5.41, 5.74) is 12.2. The van der Waals surface area contributed by atoms with Gasteiger partial charge in [0.15, 0.2) is 0 Å². The van der Waals surface area contributed by atoms with E-state index in [0.29, 0.717) is 34.2 Å². The predicted molar refractivity (Wildman–Crippen MR) is 210 cm³/mol. The number of pyridine rings is 2. The fourth-order valence-corrected chi connectivity index (χ4v) is 6.93. The maximum Gasteiger partial charge on any atom is 0.335 e. The average Bonchev–Trinajstić information content (AvgIpc) is 4.04. The van der Waals surface area contributed by atoms with Gasteiger partial charge in [-0.3, -0.25) is 9.97 Å². The van der Waals surface area contributed by atoms with Gasteiger partial charge in [-0.1, -0.05) is 36.4 Å². The van der Waals surface area contributed by atoms with Crippen LogP contribution in [-0.4, -0.2) is 52.1 Å². The summed E-state index contributed by atoms with van der Waals surface area (Å²) in [5, 5.41) is 19.3. The SMILES string of the molecule is O=C(O)c1ccc(-c2c3nc(c(-c4ccccn4)c4ccc([nH]4)c(-c4ccc(C(=O)O)cc4)c4nc(c(-c5ccccn5)c5ccc2[nH]5)C=C4)C=C3)cc1. The maximum atomic E-state index is 11.8. The Hall–Kier alpha value is -7.72. The van der Waals surface area contributed by atoms with Crippen LogP contribution >= 0.6 is 0 Å². The summed E-state index contributed by atoms with van der Waals surface area (Å²) in [5.74, 6) is -2.01. The van der Waals surface area contributed by atoms with Crippen molar-refractivity contribution in [2.45, 2.75) is 0 Å². The van der Waals surface area contributed by atoms with Crippen LogP contribution in [0.5, 0.6) is 0 Å². The zero-order chi connectivity index (χ0) is 36.8. The van der Waals surface area contributed by atoms with Crippen LogP contribution in [0, 0.1) is 0 Å². The van der Waals surface area contributed by atoms with E-state index in [0.717, 1.165) is 55.4 Å². The molecule has 0 saturated carbocycles. The number of nitrogens with one attached hydrogen (secondary N) is 2. The third-order valence-corrected chi connectivity index (χ3v) is 9.44. The van der Waals surface area contributed by atoms with Crippen LogP contribution in [0.25, 0.3) is 91.1 Å². The van der Waals surface area contributed by atoms with Gasteiger partial charge < -0.3 is 20.2 Å². The monoisotopic (exact) mass is 704 g/mol. The summed E-state index contributed by atoms with van der Waals surface area (Å²) in [7, 11) is 0. The molecule has 8 bridgehead atoms. The van der Waals surface area contributed by atoms with Gasteiger partial charge in [0.2, 0.25) is 0 Å². The van der Waals surface area contributed by atoms with E-state index in [1.54, 1.807) is 60.9 Å². The molecule has 5 aromatic heterocycles. The molecule has 0 radical (unpaired) electrons. The normalized spacial score (nSPS) is 11.9. The van der Waals surface area contributed by atoms with Crippen LogP contribution < -0.4 is 0 Å². The van der Waals surface area contributed by atoms with E-state index >= 15 is 0 Å². The highest BCUT2D eigenvalue weighted by Crippen LogP contribution is 2.38. The summed E-state index contributed by atoms with van der Waals surface area (Å²) in [6.45, 7) is 0. The summed E-state index contributed by atoms with van der Waals surface area (Å²) >= 11 is 0. The van der Waals surface area contributed by atoms with Crippen LogP contribution in [0.2, 0.25) is 0 Å². The molecule has 2 aromatic carbocycles. The molecule has 7 aromatic rings. The van der Waals surface area contributed by atoms with Crippen molar-refractivity contribution in [1.29, 1.82) is 0 Å². The molecule has 7 heterocycles. The Kier molecular flexibility index (Phi) is 7.82. The van der Waals surface area contributed by atoms with Gasteiger partial charge in [0.1, 0.15) is 0 Å². The molecule has 0 amide bonds. The Labute approximate surface area is 307 Å². The lowest BCUT2D eigenvalue weighted by Gasteiger charge is -2.07. The number of carboxylic acids is 2. The molecule has 0 aliphatic carbocycles. The molecule has 10 nitrogen and oxygen atoms in total. The number of aromatic nitrogens is 6. The summed E-state index contributed by atoms with van der Waals surface area (Å²) in [4.78, 5) is 50.6. The van der Waals surface area contributed by atoms with E-state index in [2.05, 4.69) is 9.97 Å². The number of aromatic carboxylic acids is 2. The number of carbonyl (C=O) groups is 2. The van der Waals surface area contributed by atoms with Crippen molar-refractivity contribution in [1.82, 2.24) is 29.9 Å². The maximum absolute atomic E-state index is 11.8. The Bertz CT molecular complexity index is 2660. The van der Waals surface area contributed by atoms with Gasteiger partial charge in [0.05, 0.1) is 56.3 Å². The van der Waals surface area contributed by atoms with Gasteiger partial charge in [-0.25, -0.2) is 19.6 Å². The molecule has 10 heteroatoms. The number of rotatable bonds is 6. The summed E-state index contributed by atoms with van der Waals surface area (Å²) < 4.78 is 0. The molecular weight excluding hydrogens is 677 g/mol. The van der Waals surface area contributed by atoms with E-state index in [9.17, 15) is 19.8 Å². The molecular formula is C44H28N6O4. The Morgan fingerprint density at radius 2 is 0.778 bits per heavy atom. The number of hydrogen-bond acceptors (Lipinski definition) is 6. The van der Waals surface area contributed by atoms with Crippen LogP contribution in [0.3, 0.4) is 0 Å². The van der Waals surface area contributed by atoms with Crippen molar-refractivity contribution >= 4 is 58.3 Å². The van der Waals surface area contributed by atoms with Crippen LogP contribution in [-0.2, 0) is 0 Å². The smallest absolute Gasteiger partial charge is 0.335 e. The van der Waals surface area contributed by atoms with E-state index in [-0.39, 0.29) is 11.1 Å². The topological polar surface area (TPSA) is 158 Å². The zero-order valence-electron chi connectivity index (χ0n) is 28.4. The highest BCUT2D eigenvalue weighted by atomic mass is 16.4. The Morgan fingerprint density at radius 1 is 0.426 bits per heavy atom.